The number of hydrogen-bond donors (Lipinski definition) is 0. The highest BCUT2D eigenvalue weighted by atomic mass is 35.5. The van der Waals surface area contributed by atoms with E-state index in [9.17, 15) is 22.8 Å². The van der Waals surface area contributed by atoms with Gasteiger partial charge in [0.05, 0.1) is 24.1 Å². The summed E-state index contributed by atoms with van der Waals surface area (Å²) in [5.41, 5.74) is -1.93. The summed E-state index contributed by atoms with van der Waals surface area (Å²) < 4.78 is 42.6. The molecule has 98 valence electrons. The highest BCUT2D eigenvalue weighted by Gasteiger charge is 2.35. The zero-order chi connectivity index (χ0) is 13.9. The number of carbonyl (C=O) groups excluding carboxylic acids is 2. The van der Waals surface area contributed by atoms with E-state index in [2.05, 4.69) is 0 Å². The van der Waals surface area contributed by atoms with Gasteiger partial charge >= 0.3 is 6.18 Å². The third kappa shape index (κ3) is 2.81. The molecule has 0 unspecified atom stereocenters. The molecule has 0 spiro atoms. The number of aldehydes is 1. The number of carbonyl (C=O) groups is 2. The normalized spacial score (nSPS) is 11.2. The minimum atomic E-state index is -4.70. The molecule has 0 saturated carbocycles. The molecule has 1 rings (SSSR count). The molecule has 0 atom stereocenters. The zero-order valence-electron chi connectivity index (χ0n) is 9.18. The van der Waals surface area contributed by atoms with Crippen LogP contribution in [-0.2, 0) is 6.18 Å². The van der Waals surface area contributed by atoms with Crippen LogP contribution in [0.2, 0.25) is 0 Å². The van der Waals surface area contributed by atoms with Gasteiger partial charge in [0.2, 0.25) is 0 Å². The minimum Gasteiger partial charge on any atom is -0.496 e. The van der Waals surface area contributed by atoms with Crippen LogP contribution in [0.1, 0.15) is 26.3 Å². The second-order valence-electron chi connectivity index (χ2n) is 3.31. The van der Waals surface area contributed by atoms with Crippen molar-refractivity contribution in [2.45, 2.75) is 6.18 Å². The van der Waals surface area contributed by atoms with E-state index in [4.69, 9.17) is 16.3 Å². The first-order valence-electron chi connectivity index (χ1n) is 4.68. The molecule has 3 nitrogen and oxygen atoms in total. The van der Waals surface area contributed by atoms with Gasteiger partial charge in [-0.25, -0.2) is 0 Å². The maximum absolute atomic E-state index is 12.6. The van der Waals surface area contributed by atoms with E-state index in [0.29, 0.717) is 6.07 Å². The standard InChI is InChI=1S/C11H8ClF3O3/c1-18-10-3-8(11(13,14)15)6(5-16)2-7(10)9(17)4-12/h2-3,5H,4H2,1H3. The van der Waals surface area contributed by atoms with Gasteiger partial charge in [0, 0.05) is 5.56 Å². The van der Waals surface area contributed by atoms with Crippen LogP contribution in [0.25, 0.3) is 0 Å². The molecular formula is C11H8ClF3O3. The van der Waals surface area contributed by atoms with Gasteiger partial charge in [-0.1, -0.05) is 0 Å². The quantitative estimate of drug-likeness (QED) is 0.484. The van der Waals surface area contributed by atoms with E-state index in [1.807, 2.05) is 0 Å². The van der Waals surface area contributed by atoms with Gasteiger partial charge in [-0.05, 0) is 12.1 Å². The van der Waals surface area contributed by atoms with Crippen molar-refractivity contribution in [2.75, 3.05) is 13.0 Å². The Morgan fingerprint density at radius 3 is 2.44 bits per heavy atom. The van der Waals surface area contributed by atoms with Crippen molar-refractivity contribution in [1.29, 1.82) is 0 Å². The first kappa shape index (κ1) is 14.5. The average molecular weight is 281 g/mol. The van der Waals surface area contributed by atoms with Crippen LogP contribution in [0.5, 0.6) is 5.75 Å². The van der Waals surface area contributed by atoms with E-state index >= 15 is 0 Å². The SMILES string of the molecule is COc1cc(C(F)(F)F)c(C=O)cc1C(=O)CCl. The third-order valence-electron chi connectivity index (χ3n) is 2.23. The monoisotopic (exact) mass is 280 g/mol. The number of benzene rings is 1. The second-order valence-corrected chi connectivity index (χ2v) is 3.58. The van der Waals surface area contributed by atoms with Gasteiger partial charge in [0.25, 0.3) is 0 Å². The molecule has 18 heavy (non-hydrogen) atoms. The first-order chi connectivity index (χ1) is 8.35. The van der Waals surface area contributed by atoms with Gasteiger partial charge < -0.3 is 4.74 Å². The van der Waals surface area contributed by atoms with E-state index in [1.165, 1.54) is 0 Å². The van der Waals surface area contributed by atoms with Gasteiger partial charge in [-0.15, -0.1) is 11.6 Å². The number of ketones is 1. The molecule has 0 aliphatic carbocycles. The van der Waals surface area contributed by atoms with Crippen LogP contribution in [0, 0.1) is 0 Å². The Kier molecular flexibility index (Phi) is 4.34. The van der Waals surface area contributed by atoms with E-state index in [0.717, 1.165) is 13.2 Å². The molecule has 1 aromatic rings. The fourth-order valence-corrected chi connectivity index (χ4v) is 1.54. The molecule has 0 radical (unpaired) electrons. The molecule has 0 amide bonds. The highest BCUT2D eigenvalue weighted by molar-refractivity contribution is 6.30. The average Bonchev–Trinajstić information content (AvgIpc) is 2.34. The second kappa shape index (κ2) is 5.39. The fraction of sp³-hybridized carbons (Fsp3) is 0.273. The summed E-state index contributed by atoms with van der Waals surface area (Å²) in [5, 5.41) is 0. The summed E-state index contributed by atoms with van der Waals surface area (Å²) in [7, 11) is 1.13. The van der Waals surface area contributed by atoms with E-state index in [1.54, 1.807) is 0 Å². The smallest absolute Gasteiger partial charge is 0.417 e. The summed E-state index contributed by atoms with van der Waals surface area (Å²) in [6.07, 6.45) is -4.67. The lowest BCUT2D eigenvalue weighted by Gasteiger charge is -2.13. The third-order valence-corrected chi connectivity index (χ3v) is 2.47. The van der Waals surface area contributed by atoms with E-state index < -0.39 is 29.0 Å². The van der Waals surface area contributed by atoms with Crippen molar-refractivity contribution in [1.82, 2.24) is 0 Å². The summed E-state index contributed by atoms with van der Waals surface area (Å²) in [5.74, 6) is -1.30. The van der Waals surface area contributed by atoms with Crippen molar-refractivity contribution in [3.05, 3.63) is 28.8 Å². The Hall–Kier alpha value is -1.56. The molecule has 0 saturated heterocycles. The van der Waals surface area contributed by atoms with Crippen molar-refractivity contribution in [3.63, 3.8) is 0 Å². The Morgan fingerprint density at radius 1 is 1.44 bits per heavy atom. The molecule has 0 fully saturated rings. The van der Waals surface area contributed by atoms with Crippen LogP contribution < -0.4 is 4.74 Å². The number of methoxy groups -OCH3 is 1. The largest absolute Gasteiger partial charge is 0.496 e. The molecule has 1 aromatic carbocycles. The summed E-state index contributed by atoms with van der Waals surface area (Å²) >= 11 is 5.33. The Labute approximate surface area is 105 Å². The Balaban J connectivity index is 3.52. The first-order valence-corrected chi connectivity index (χ1v) is 5.22. The van der Waals surface area contributed by atoms with Gasteiger partial charge in [-0.3, -0.25) is 9.59 Å². The van der Waals surface area contributed by atoms with Crippen molar-refractivity contribution in [2.24, 2.45) is 0 Å². The van der Waals surface area contributed by atoms with Crippen molar-refractivity contribution in [3.8, 4) is 5.75 Å². The molecule has 0 aliphatic heterocycles. The van der Waals surface area contributed by atoms with E-state index in [-0.39, 0.29) is 17.6 Å². The highest BCUT2D eigenvalue weighted by Crippen LogP contribution is 2.35. The summed E-state index contributed by atoms with van der Waals surface area (Å²) in [4.78, 5) is 22.1. The van der Waals surface area contributed by atoms with Crippen molar-refractivity contribution >= 4 is 23.7 Å². The molecule has 0 aliphatic rings. The number of halogens is 4. The fourth-order valence-electron chi connectivity index (χ4n) is 1.40. The lowest BCUT2D eigenvalue weighted by molar-refractivity contribution is -0.137. The van der Waals surface area contributed by atoms with Crippen LogP contribution in [-0.4, -0.2) is 25.1 Å². The van der Waals surface area contributed by atoms with Crippen LogP contribution >= 0.6 is 11.6 Å². The topological polar surface area (TPSA) is 43.4 Å². The number of ether oxygens (including phenoxy) is 1. The molecule has 0 heterocycles. The zero-order valence-corrected chi connectivity index (χ0v) is 9.93. The Morgan fingerprint density at radius 2 is 2.06 bits per heavy atom. The minimum absolute atomic E-state index is 0.0350. The maximum atomic E-state index is 12.6. The molecule has 0 bridgehead atoms. The number of Topliss-reactive ketones (excluding diaryl/α,β-unsaturated/α-hetero) is 1. The maximum Gasteiger partial charge on any atom is 0.417 e. The predicted octanol–water partition coefficient (Wildman–Crippen LogP) is 2.95. The van der Waals surface area contributed by atoms with Crippen LogP contribution in [0.3, 0.4) is 0 Å². The lowest BCUT2D eigenvalue weighted by atomic mass is 10.0. The number of alkyl halides is 4. The summed E-state index contributed by atoms with van der Waals surface area (Å²) in [6, 6.07) is 1.45. The van der Waals surface area contributed by atoms with Crippen LogP contribution in [0.4, 0.5) is 13.2 Å². The van der Waals surface area contributed by atoms with Gasteiger partial charge in [-0.2, -0.15) is 13.2 Å². The van der Waals surface area contributed by atoms with Gasteiger partial charge in [0.15, 0.2) is 12.1 Å². The Bertz CT molecular complexity index is 483. The van der Waals surface area contributed by atoms with Crippen molar-refractivity contribution < 1.29 is 27.5 Å². The molecule has 0 aromatic heterocycles. The predicted molar refractivity (Wildman–Crippen MR) is 58.4 cm³/mol. The van der Waals surface area contributed by atoms with Crippen LogP contribution in [0.15, 0.2) is 12.1 Å². The molecule has 0 N–H and O–H groups in total. The molecular weight excluding hydrogens is 273 g/mol. The lowest BCUT2D eigenvalue weighted by Crippen LogP contribution is -2.12. The van der Waals surface area contributed by atoms with Gasteiger partial charge in [0.1, 0.15) is 5.75 Å². The number of hydrogen-bond acceptors (Lipinski definition) is 3. The molecule has 7 heteroatoms. The number of rotatable bonds is 4. The summed E-state index contributed by atoms with van der Waals surface area (Å²) in [6.45, 7) is 0.